The van der Waals surface area contributed by atoms with Crippen molar-refractivity contribution in [3.8, 4) is 0 Å². The van der Waals surface area contributed by atoms with Gasteiger partial charge in [0, 0.05) is 0 Å². The van der Waals surface area contributed by atoms with Crippen molar-refractivity contribution in [3.05, 3.63) is 0 Å². The van der Waals surface area contributed by atoms with Crippen LogP contribution in [-0.4, -0.2) is 110 Å². The number of aliphatic hydroxyl groups is 7. The van der Waals surface area contributed by atoms with Crippen molar-refractivity contribution in [3.63, 3.8) is 0 Å². The van der Waals surface area contributed by atoms with E-state index in [-0.39, 0.29) is 0 Å². The van der Waals surface area contributed by atoms with Crippen LogP contribution in [0.3, 0.4) is 0 Å². The van der Waals surface area contributed by atoms with Gasteiger partial charge in [0.2, 0.25) is 0 Å². The fourth-order valence-electron chi connectivity index (χ4n) is 2.47. The summed E-state index contributed by atoms with van der Waals surface area (Å²) in [5.74, 6) is 0. The number of hydrogen-bond acceptors (Lipinski definition) is 10. The Kier molecular flexibility index (Phi) is 6.24. The molecular formula is C12H21FO10. The Morgan fingerprint density at radius 3 is 1.70 bits per heavy atom. The van der Waals surface area contributed by atoms with Crippen molar-refractivity contribution in [2.24, 2.45) is 0 Å². The van der Waals surface area contributed by atoms with Gasteiger partial charge in [0.15, 0.2) is 18.8 Å². The van der Waals surface area contributed by atoms with Crippen molar-refractivity contribution < 1.29 is 54.3 Å². The molecule has 136 valence electrons. The Bertz CT molecular complexity index is 349. The standard InChI is InChI=1S/C12H21FO10/c13-5-6(16)3(1-14)21-11(8(5)18)23-12-10(20)9(19)7(17)4(2-15)22-12/h3-12,14-20H,1-2H2/t3?,4?,5?,6-,7-,8?,9?,10?,11-,12-/m1/s1. The molecule has 2 fully saturated rings. The molecule has 7 N–H and O–H groups in total. The summed E-state index contributed by atoms with van der Waals surface area (Å²) in [5, 5.41) is 66.3. The molecule has 2 heterocycles. The number of halogens is 1. The molecule has 0 aliphatic carbocycles. The molecule has 0 aromatic rings. The summed E-state index contributed by atoms with van der Waals surface area (Å²) in [6, 6.07) is 0. The summed E-state index contributed by atoms with van der Waals surface area (Å²) in [7, 11) is 0. The maximum Gasteiger partial charge on any atom is 0.190 e. The van der Waals surface area contributed by atoms with Crippen molar-refractivity contribution in [2.45, 2.75) is 61.5 Å². The second-order valence-corrected chi connectivity index (χ2v) is 5.48. The highest BCUT2D eigenvalue weighted by Crippen LogP contribution is 2.28. The maximum absolute atomic E-state index is 13.8. The minimum Gasteiger partial charge on any atom is -0.394 e. The normalized spacial score (nSPS) is 51.7. The van der Waals surface area contributed by atoms with E-state index in [4.69, 9.17) is 24.4 Å². The predicted octanol–water partition coefficient (Wildman–Crippen LogP) is -4.42. The average Bonchev–Trinajstić information content (AvgIpc) is 2.55. The third kappa shape index (κ3) is 3.64. The van der Waals surface area contributed by atoms with Crippen LogP contribution in [0.4, 0.5) is 4.39 Å². The lowest BCUT2D eigenvalue weighted by atomic mass is 9.98. The molecule has 0 aromatic carbocycles. The summed E-state index contributed by atoms with van der Waals surface area (Å²) in [4.78, 5) is 0. The topological polar surface area (TPSA) is 169 Å². The third-order valence-electron chi connectivity index (χ3n) is 3.92. The highest BCUT2D eigenvalue weighted by atomic mass is 19.1. The van der Waals surface area contributed by atoms with Gasteiger partial charge in [-0.25, -0.2) is 4.39 Å². The van der Waals surface area contributed by atoms with Crippen molar-refractivity contribution in [1.29, 1.82) is 0 Å². The number of aliphatic hydroxyl groups excluding tert-OH is 7. The van der Waals surface area contributed by atoms with E-state index in [1.165, 1.54) is 0 Å². The maximum atomic E-state index is 13.8. The number of rotatable bonds is 4. The first-order chi connectivity index (χ1) is 10.8. The summed E-state index contributed by atoms with van der Waals surface area (Å²) in [5.41, 5.74) is 0. The first-order valence-electron chi connectivity index (χ1n) is 7.04. The second-order valence-electron chi connectivity index (χ2n) is 5.48. The van der Waals surface area contributed by atoms with Crippen molar-refractivity contribution in [1.82, 2.24) is 0 Å². The minimum atomic E-state index is -2.18. The van der Waals surface area contributed by atoms with Gasteiger partial charge in [-0.3, -0.25) is 0 Å². The van der Waals surface area contributed by atoms with Crippen LogP contribution in [0.15, 0.2) is 0 Å². The van der Waals surface area contributed by atoms with Crippen LogP contribution in [0.1, 0.15) is 0 Å². The lowest BCUT2D eigenvalue weighted by molar-refractivity contribution is -0.373. The molecule has 10 nitrogen and oxygen atoms in total. The zero-order valence-corrected chi connectivity index (χ0v) is 11.9. The lowest BCUT2D eigenvalue weighted by Crippen LogP contribution is -2.63. The Morgan fingerprint density at radius 1 is 0.696 bits per heavy atom. The Balaban J connectivity index is 2.07. The fourth-order valence-corrected chi connectivity index (χ4v) is 2.47. The van der Waals surface area contributed by atoms with Crippen LogP contribution in [0.5, 0.6) is 0 Å². The predicted molar refractivity (Wildman–Crippen MR) is 67.5 cm³/mol. The van der Waals surface area contributed by atoms with Gasteiger partial charge in [-0.2, -0.15) is 0 Å². The average molecular weight is 344 g/mol. The molecular weight excluding hydrogens is 323 g/mol. The van der Waals surface area contributed by atoms with E-state index < -0.39 is 74.7 Å². The van der Waals surface area contributed by atoms with E-state index in [0.29, 0.717) is 0 Å². The van der Waals surface area contributed by atoms with Gasteiger partial charge in [0.05, 0.1) is 13.2 Å². The number of ether oxygens (including phenoxy) is 3. The van der Waals surface area contributed by atoms with Gasteiger partial charge in [0.25, 0.3) is 0 Å². The second kappa shape index (κ2) is 7.61. The molecule has 2 rings (SSSR count). The van der Waals surface area contributed by atoms with Gasteiger partial charge in [-0.1, -0.05) is 0 Å². The van der Waals surface area contributed by atoms with Crippen LogP contribution in [0.25, 0.3) is 0 Å². The van der Waals surface area contributed by atoms with Crippen molar-refractivity contribution in [2.75, 3.05) is 13.2 Å². The Morgan fingerprint density at radius 2 is 1.17 bits per heavy atom. The first-order valence-corrected chi connectivity index (χ1v) is 7.04. The molecule has 2 saturated heterocycles. The number of alkyl halides is 1. The molecule has 0 spiro atoms. The molecule has 0 amide bonds. The molecule has 6 unspecified atom stereocenters. The summed E-state index contributed by atoms with van der Waals surface area (Å²) in [6.07, 6.45) is -17.0. The summed E-state index contributed by atoms with van der Waals surface area (Å²) >= 11 is 0. The van der Waals surface area contributed by atoms with Gasteiger partial charge in [-0.05, 0) is 0 Å². The van der Waals surface area contributed by atoms with E-state index in [1.807, 2.05) is 0 Å². The zero-order valence-electron chi connectivity index (χ0n) is 11.9. The Labute approximate surface area is 130 Å². The van der Waals surface area contributed by atoms with E-state index in [1.54, 1.807) is 0 Å². The largest absolute Gasteiger partial charge is 0.394 e. The van der Waals surface area contributed by atoms with Crippen LogP contribution in [-0.2, 0) is 14.2 Å². The first kappa shape index (κ1) is 18.9. The molecule has 0 radical (unpaired) electrons. The van der Waals surface area contributed by atoms with Crippen LogP contribution in [0.2, 0.25) is 0 Å². The molecule has 23 heavy (non-hydrogen) atoms. The smallest absolute Gasteiger partial charge is 0.190 e. The van der Waals surface area contributed by atoms with Crippen molar-refractivity contribution >= 4 is 0 Å². The van der Waals surface area contributed by atoms with E-state index in [9.17, 15) is 29.9 Å². The van der Waals surface area contributed by atoms with Gasteiger partial charge in [0.1, 0.15) is 42.7 Å². The molecule has 0 aromatic heterocycles. The lowest BCUT2D eigenvalue weighted by Gasteiger charge is -2.44. The summed E-state index contributed by atoms with van der Waals surface area (Å²) in [6.45, 7) is -1.44. The highest BCUT2D eigenvalue weighted by Gasteiger charge is 2.50. The van der Waals surface area contributed by atoms with Crippen LogP contribution < -0.4 is 0 Å². The molecule has 0 saturated carbocycles. The van der Waals surface area contributed by atoms with E-state index in [2.05, 4.69) is 0 Å². The Hall–Kier alpha value is -0.470. The van der Waals surface area contributed by atoms with Gasteiger partial charge >= 0.3 is 0 Å². The van der Waals surface area contributed by atoms with Crippen LogP contribution in [0, 0.1) is 0 Å². The molecule has 11 heteroatoms. The molecule has 0 bridgehead atoms. The van der Waals surface area contributed by atoms with Gasteiger partial charge < -0.3 is 50.0 Å². The number of hydrogen-bond donors (Lipinski definition) is 7. The minimum absolute atomic E-state index is 0.692. The quantitative estimate of drug-likeness (QED) is 0.264. The molecule has 2 aliphatic rings. The molecule has 10 atom stereocenters. The van der Waals surface area contributed by atoms with Gasteiger partial charge in [-0.15, -0.1) is 0 Å². The SMILES string of the molecule is OCC1O[C@H](O[C@H]2OC(CO)[C@@H](O)C(F)C2O)C(O)C(O)[C@@H]1O. The monoisotopic (exact) mass is 344 g/mol. The third-order valence-corrected chi connectivity index (χ3v) is 3.92. The zero-order chi connectivity index (χ0) is 17.3. The van der Waals surface area contributed by atoms with E-state index >= 15 is 0 Å². The highest BCUT2D eigenvalue weighted by molar-refractivity contribution is 4.92. The van der Waals surface area contributed by atoms with E-state index in [0.717, 1.165) is 0 Å². The fraction of sp³-hybridized carbons (Fsp3) is 1.00. The summed E-state index contributed by atoms with van der Waals surface area (Å²) < 4.78 is 28.9. The van der Waals surface area contributed by atoms with Crippen LogP contribution >= 0.6 is 0 Å². The molecule has 2 aliphatic heterocycles.